The van der Waals surface area contributed by atoms with Gasteiger partial charge in [0.1, 0.15) is 11.2 Å². The Hall–Kier alpha value is -3.34. The number of aliphatic carboxylic acids is 1. The molecule has 11 heteroatoms. The van der Waals surface area contributed by atoms with Crippen LogP contribution in [0, 0.1) is 5.92 Å². The highest BCUT2D eigenvalue weighted by Crippen LogP contribution is 2.32. The molecule has 232 valence electrons. The standard InChI is InChI=1S/C30H47NO10/c1-11-20(6)31-30(25(33)34,39-24(32)16-19(4)5)18-21-14-15-22(37-26(35)40-28(7,8)12-2)23(17-21)38-27(36)41-29(9,10)13-3/h14-15,17,19-20,31H,11-13,16,18H2,1-10H3,(H,33,34)/t20?,30-/m0/s1. The lowest BCUT2D eigenvalue weighted by molar-refractivity contribution is -0.185. The van der Waals surface area contributed by atoms with Crippen LogP contribution in [0.15, 0.2) is 18.2 Å². The minimum absolute atomic E-state index is 0.0215. The number of hydrogen-bond acceptors (Lipinski definition) is 10. The lowest BCUT2D eigenvalue weighted by Crippen LogP contribution is -2.59. The lowest BCUT2D eigenvalue weighted by Gasteiger charge is -2.33. The Morgan fingerprint density at radius 1 is 0.829 bits per heavy atom. The highest BCUT2D eigenvalue weighted by molar-refractivity contribution is 5.82. The quantitative estimate of drug-likeness (QED) is 0.103. The first kappa shape index (κ1) is 35.7. The molecule has 0 aliphatic carbocycles. The third-order valence-electron chi connectivity index (χ3n) is 6.57. The van der Waals surface area contributed by atoms with Gasteiger partial charge in [0.15, 0.2) is 11.5 Å². The SMILES string of the molecule is CCC(C)N[C@@](Cc1ccc(OC(=O)OC(C)(C)CC)c(OC(=O)OC(C)(C)CC)c1)(OC(=O)CC(C)C)C(=O)O. The van der Waals surface area contributed by atoms with Crippen LogP contribution in [0.2, 0.25) is 0 Å². The van der Waals surface area contributed by atoms with Gasteiger partial charge in [0.25, 0.3) is 5.72 Å². The van der Waals surface area contributed by atoms with E-state index >= 15 is 0 Å². The van der Waals surface area contributed by atoms with Gasteiger partial charge in [-0.05, 0) is 77.5 Å². The summed E-state index contributed by atoms with van der Waals surface area (Å²) < 4.78 is 27.1. The first-order valence-electron chi connectivity index (χ1n) is 14.0. The Labute approximate surface area is 243 Å². The number of hydrogen-bond donors (Lipinski definition) is 2. The average molecular weight is 582 g/mol. The summed E-state index contributed by atoms with van der Waals surface area (Å²) in [4.78, 5) is 50.4. The molecule has 0 aliphatic heterocycles. The molecule has 0 amide bonds. The van der Waals surface area contributed by atoms with Crippen molar-refractivity contribution >= 4 is 24.2 Å². The normalized spacial score (nSPS) is 14.0. The van der Waals surface area contributed by atoms with Gasteiger partial charge in [0, 0.05) is 18.9 Å². The fourth-order valence-corrected chi connectivity index (χ4v) is 3.30. The summed E-state index contributed by atoms with van der Waals surface area (Å²) in [5, 5.41) is 13.2. The fourth-order valence-electron chi connectivity index (χ4n) is 3.30. The second-order valence-electron chi connectivity index (χ2n) is 11.8. The molecule has 0 spiro atoms. The highest BCUT2D eigenvalue weighted by Gasteiger charge is 2.44. The molecule has 1 rings (SSSR count). The zero-order valence-corrected chi connectivity index (χ0v) is 26.0. The van der Waals surface area contributed by atoms with Crippen molar-refractivity contribution in [3.8, 4) is 11.5 Å². The van der Waals surface area contributed by atoms with Crippen molar-refractivity contribution in [2.75, 3.05) is 0 Å². The molecular formula is C30H47NO10. The lowest BCUT2D eigenvalue weighted by atomic mass is 10.00. The van der Waals surface area contributed by atoms with Crippen molar-refractivity contribution in [1.82, 2.24) is 5.32 Å². The van der Waals surface area contributed by atoms with Crippen molar-refractivity contribution in [2.24, 2.45) is 5.92 Å². The van der Waals surface area contributed by atoms with E-state index in [0.717, 1.165) is 0 Å². The molecule has 1 unspecified atom stereocenters. The van der Waals surface area contributed by atoms with Gasteiger partial charge in [0.05, 0.1) is 0 Å². The van der Waals surface area contributed by atoms with Crippen LogP contribution < -0.4 is 14.8 Å². The molecule has 1 aromatic rings. The minimum Gasteiger partial charge on any atom is -0.477 e. The van der Waals surface area contributed by atoms with Gasteiger partial charge in [0.2, 0.25) is 0 Å². The molecule has 0 saturated carbocycles. The van der Waals surface area contributed by atoms with E-state index < -0.39 is 41.2 Å². The number of benzene rings is 1. The molecule has 0 heterocycles. The van der Waals surface area contributed by atoms with Gasteiger partial charge in [-0.2, -0.15) is 0 Å². The van der Waals surface area contributed by atoms with Crippen LogP contribution in [0.3, 0.4) is 0 Å². The third-order valence-corrected chi connectivity index (χ3v) is 6.57. The van der Waals surface area contributed by atoms with Gasteiger partial charge in [-0.25, -0.2) is 14.4 Å². The van der Waals surface area contributed by atoms with Gasteiger partial charge < -0.3 is 28.8 Å². The van der Waals surface area contributed by atoms with E-state index in [-0.39, 0.29) is 36.3 Å². The maximum absolute atomic E-state index is 12.6. The molecule has 0 aromatic heterocycles. The van der Waals surface area contributed by atoms with Crippen LogP contribution in [-0.2, 0) is 30.2 Å². The summed E-state index contributed by atoms with van der Waals surface area (Å²) >= 11 is 0. The first-order chi connectivity index (χ1) is 18.9. The second-order valence-corrected chi connectivity index (χ2v) is 11.8. The summed E-state index contributed by atoms with van der Waals surface area (Å²) in [6, 6.07) is 3.84. The Bertz CT molecular complexity index is 1070. The molecule has 0 fully saturated rings. The number of rotatable bonds is 15. The third kappa shape index (κ3) is 12.0. The predicted molar refractivity (Wildman–Crippen MR) is 152 cm³/mol. The zero-order chi connectivity index (χ0) is 31.6. The van der Waals surface area contributed by atoms with Crippen molar-refractivity contribution < 1.29 is 48.0 Å². The molecule has 41 heavy (non-hydrogen) atoms. The van der Waals surface area contributed by atoms with Crippen molar-refractivity contribution in [3.05, 3.63) is 23.8 Å². The van der Waals surface area contributed by atoms with Gasteiger partial charge in [-0.1, -0.05) is 40.7 Å². The van der Waals surface area contributed by atoms with Crippen LogP contribution in [0.5, 0.6) is 11.5 Å². The van der Waals surface area contributed by atoms with Crippen LogP contribution >= 0.6 is 0 Å². The smallest absolute Gasteiger partial charge is 0.477 e. The fraction of sp³-hybridized carbons (Fsp3) is 0.667. The Kier molecular flexibility index (Phi) is 13.1. The molecule has 2 N–H and O–H groups in total. The largest absolute Gasteiger partial charge is 0.514 e. The Balaban J connectivity index is 3.53. The maximum Gasteiger partial charge on any atom is 0.514 e. The van der Waals surface area contributed by atoms with E-state index in [1.54, 1.807) is 34.6 Å². The molecule has 11 nitrogen and oxygen atoms in total. The van der Waals surface area contributed by atoms with Crippen LogP contribution in [0.25, 0.3) is 0 Å². The number of esters is 1. The van der Waals surface area contributed by atoms with E-state index in [2.05, 4.69) is 5.32 Å². The zero-order valence-electron chi connectivity index (χ0n) is 26.0. The number of nitrogens with one attached hydrogen (secondary N) is 1. The summed E-state index contributed by atoms with van der Waals surface area (Å²) in [7, 11) is 0. The highest BCUT2D eigenvalue weighted by atomic mass is 16.8. The summed E-state index contributed by atoms with van der Waals surface area (Å²) in [6.45, 7) is 17.8. The predicted octanol–water partition coefficient (Wildman–Crippen LogP) is 6.40. The molecule has 2 atom stereocenters. The second kappa shape index (κ2) is 15.0. The number of ether oxygens (including phenoxy) is 5. The van der Waals surface area contributed by atoms with Gasteiger partial charge in [-0.15, -0.1) is 0 Å². The van der Waals surface area contributed by atoms with E-state index in [0.29, 0.717) is 24.8 Å². The van der Waals surface area contributed by atoms with Gasteiger partial charge in [-0.3, -0.25) is 10.1 Å². The summed E-state index contributed by atoms with van der Waals surface area (Å²) in [6.07, 6.45) is -0.770. The molecule has 1 aromatic carbocycles. The molecule has 0 aliphatic rings. The maximum atomic E-state index is 12.6. The minimum atomic E-state index is -2.12. The molecule has 0 radical (unpaired) electrons. The molecule has 0 bridgehead atoms. The molecule has 0 saturated heterocycles. The Morgan fingerprint density at radius 2 is 1.34 bits per heavy atom. The topological polar surface area (TPSA) is 147 Å². The number of carbonyl (C=O) groups is 4. The van der Waals surface area contributed by atoms with Crippen LogP contribution in [0.1, 0.15) is 100 Å². The summed E-state index contributed by atoms with van der Waals surface area (Å²) in [5.41, 5.74) is -3.43. The average Bonchev–Trinajstić information content (AvgIpc) is 2.84. The Morgan fingerprint density at radius 3 is 1.78 bits per heavy atom. The van der Waals surface area contributed by atoms with E-state index in [1.165, 1.54) is 18.2 Å². The van der Waals surface area contributed by atoms with Crippen molar-refractivity contribution in [1.29, 1.82) is 0 Å². The van der Waals surface area contributed by atoms with E-state index in [9.17, 15) is 24.3 Å². The van der Waals surface area contributed by atoms with Crippen LogP contribution in [-0.4, -0.2) is 52.3 Å². The number of carboxylic acids is 1. The summed E-state index contributed by atoms with van der Waals surface area (Å²) in [5.74, 6) is -2.48. The van der Waals surface area contributed by atoms with Crippen molar-refractivity contribution in [2.45, 2.75) is 124 Å². The first-order valence-corrected chi connectivity index (χ1v) is 14.0. The van der Waals surface area contributed by atoms with Crippen LogP contribution in [0.4, 0.5) is 9.59 Å². The van der Waals surface area contributed by atoms with E-state index in [1.807, 2.05) is 34.6 Å². The number of carbonyl (C=O) groups excluding carboxylic acids is 3. The monoisotopic (exact) mass is 581 g/mol. The molecular weight excluding hydrogens is 534 g/mol. The van der Waals surface area contributed by atoms with Crippen molar-refractivity contribution in [3.63, 3.8) is 0 Å². The van der Waals surface area contributed by atoms with Gasteiger partial charge >= 0.3 is 24.2 Å². The van der Waals surface area contributed by atoms with E-state index in [4.69, 9.17) is 23.7 Å². The number of carboxylic acid groups (broad SMARTS) is 1.